The van der Waals surface area contributed by atoms with Gasteiger partial charge >= 0.3 is 0 Å². The lowest BCUT2D eigenvalue weighted by Crippen LogP contribution is -2.48. The third-order valence-corrected chi connectivity index (χ3v) is 7.86. The summed E-state index contributed by atoms with van der Waals surface area (Å²) in [5, 5.41) is 0.819. The van der Waals surface area contributed by atoms with E-state index < -0.39 is 0 Å². The standard InChI is InChI=1S/C25H30N4O2S/c30-22(12-6-9-18-7-2-1-3-8-18)29-15-13-28(14-16-29)17-21-26-24(31)23-19-10-4-5-11-20(19)32-25(23)27-21/h1-3,7-8H,4-6,9-17H2,(H,26,27,31). The Balaban J connectivity index is 1.14. The summed E-state index contributed by atoms with van der Waals surface area (Å²) in [4.78, 5) is 39.7. The molecule has 6 nitrogen and oxygen atoms in total. The Morgan fingerprint density at radius 3 is 2.66 bits per heavy atom. The minimum Gasteiger partial charge on any atom is -0.340 e. The third-order valence-electron chi connectivity index (χ3n) is 6.67. The van der Waals surface area contributed by atoms with Crippen molar-refractivity contribution in [2.45, 2.75) is 51.5 Å². The molecule has 1 aromatic carbocycles. The topological polar surface area (TPSA) is 69.3 Å². The maximum absolute atomic E-state index is 12.8. The van der Waals surface area contributed by atoms with Crippen LogP contribution in [0.3, 0.4) is 0 Å². The number of carbonyl (C=O) groups excluding carboxylic acids is 1. The number of aromatic nitrogens is 2. The number of piperazine rings is 1. The maximum atomic E-state index is 12.8. The number of aryl methyl sites for hydroxylation is 3. The van der Waals surface area contributed by atoms with Crippen LogP contribution in [0, 0.1) is 0 Å². The first kappa shape index (κ1) is 21.3. The van der Waals surface area contributed by atoms with E-state index in [4.69, 9.17) is 4.98 Å². The van der Waals surface area contributed by atoms with E-state index in [9.17, 15) is 9.59 Å². The fourth-order valence-electron chi connectivity index (χ4n) is 4.90. The average Bonchev–Trinajstić information content (AvgIpc) is 3.19. The Morgan fingerprint density at radius 1 is 1.06 bits per heavy atom. The predicted molar refractivity (Wildman–Crippen MR) is 128 cm³/mol. The summed E-state index contributed by atoms with van der Waals surface area (Å²) in [5.74, 6) is 0.987. The minimum atomic E-state index is 0.0108. The van der Waals surface area contributed by atoms with Crippen LogP contribution < -0.4 is 5.56 Å². The molecule has 3 aromatic rings. The van der Waals surface area contributed by atoms with E-state index in [1.54, 1.807) is 11.3 Å². The smallest absolute Gasteiger partial charge is 0.259 e. The molecule has 0 spiro atoms. The van der Waals surface area contributed by atoms with Crippen molar-refractivity contribution in [1.29, 1.82) is 0 Å². The molecule has 0 atom stereocenters. The molecule has 1 N–H and O–H groups in total. The predicted octanol–water partition coefficient (Wildman–Crippen LogP) is 3.53. The molecular weight excluding hydrogens is 420 g/mol. The number of hydrogen-bond donors (Lipinski definition) is 1. The minimum absolute atomic E-state index is 0.0108. The Hall–Kier alpha value is -2.51. The Morgan fingerprint density at radius 2 is 1.84 bits per heavy atom. The molecule has 0 saturated carbocycles. The normalized spacial score (nSPS) is 16.9. The molecule has 1 amide bonds. The number of rotatable bonds is 6. The fourth-order valence-corrected chi connectivity index (χ4v) is 6.18. The summed E-state index contributed by atoms with van der Waals surface area (Å²) in [6.07, 6.45) is 6.88. The van der Waals surface area contributed by atoms with Gasteiger partial charge in [0.2, 0.25) is 5.91 Å². The summed E-state index contributed by atoms with van der Waals surface area (Å²) in [6.45, 7) is 3.73. The number of nitrogens with one attached hydrogen (secondary N) is 1. The van der Waals surface area contributed by atoms with E-state index in [0.717, 1.165) is 74.3 Å². The van der Waals surface area contributed by atoms with Gasteiger partial charge in [-0.1, -0.05) is 30.3 Å². The van der Waals surface area contributed by atoms with Crippen molar-refractivity contribution in [3.63, 3.8) is 0 Å². The van der Waals surface area contributed by atoms with E-state index in [2.05, 4.69) is 22.0 Å². The average molecular weight is 451 g/mol. The van der Waals surface area contributed by atoms with Crippen LogP contribution in [0.15, 0.2) is 35.1 Å². The molecule has 3 heterocycles. The van der Waals surface area contributed by atoms with Gasteiger partial charge in [-0.05, 0) is 49.7 Å². The van der Waals surface area contributed by atoms with E-state index >= 15 is 0 Å². The van der Waals surface area contributed by atoms with Gasteiger partial charge in [-0.3, -0.25) is 14.5 Å². The van der Waals surface area contributed by atoms with Gasteiger partial charge in [-0.15, -0.1) is 11.3 Å². The number of amides is 1. The van der Waals surface area contributed by atoms with Gasteiger partial charge in [0.25, 0.3) is 5.56 Å². The monoisotopic (exact) mass is 450 g/mol. The van der Waals surface area contributed by atoms with Gasteiger partial charge < -0.3 is 9.88 Å². The van der Waals surface area contributed by atoms with Gasteiger partial charge in [0.1, 0.15) is 10.7 Å². The van der Waals surface area contributed by atoms with Crippen molar-refractivity contribution >= 4 is 27.5 Å². The quantitative estimate of drug-likeness (QED) is 0.624. The molecule has 1 saturated heterocycles. The van der Waals surface area contributed by atoms with Crippen molar-refractivity contribution in [2.75, 3.05) is 26.2 Å². The van der Waals surface area contributed by atoms with Gasteiger partial charge in [-0.2, -0.15) is 0 Å². The lowest BCUT2D eigenvalue weighted by molar-refractivity contribution is -0.133. The molecule has 1 aliphatic heterocycles. The Kier molecular flexibility index (Phi) is 6.37. The van der Waals surface area contributed by atoms with Crippen molar-refractivity contribution < 1.29 is 4.79 Å². The zero-order chi connectivity index (χ0) is 21.9. The second kappa shape index (κ2) is 9.55. The molecule has 2 aliphatic rings. The van der Waals surface area contributed by atoms with Crippen LogP contribution >= 0.6 is 11.3 Å². The van der Waals surface area contributed by atoms with Crippen LogP contribution in [0.25, 0.3) is 10.2 Å². The molecule has 2 aromatic heterocycles. The van der Waals surface area contributed by atoms with Crippen molar-refractivity contribution in [1.82, 2.24) is 19.8 Å². The summed E-state index contributed by atoms with van der Waals surface area (Å²) >= 11 is 1.70. The van der Waals surface area contributed by atoms with E-state index in [-0.39, 0.29) is 11.5 Å². The fraction of sp³-hybridized carbons (Fsp3) is 0.480. The number of carbonyl (C=O) groups is 1. The summed E-state index contributed by atoms with van der Waals surface area (Å²) in [5.41, 5.74) is 2.53. The van der Waals surface area contributed by atoms with Gasteiger partial charge in [-0.25, -0.2) is 4.98 Å². The number of H-pyrrole nitrogens is 1. The zero-order valence-electron chi connectivity index (χ0n) is 18.4. The second-order valence-corrected chi connectivity index (χ2v) is 9.98. The number of aromatic amines is 1. The largest absolute Gasteiger partial charge is 0.340 e. The highest BCUT2D eigenvalue weighted by molar-refractivity contribution is 7.18. The first-order chi connectivity index (χ1) is 15.7. The number of benzene rings is 1. The van der Waals surface area contributed by atoms with Crippen molar-refractivity contribution in [2.24, 2.45) is 0 Å². The van der Waals surface area contributed by atoms with Crippen LogP contribution in [0.2, 0.25) is 0 Å². The molecule has 1 aliphatic carbocycles. The van der Waals surface area contributed by atoms with E-state index in [1.807, 2.05) is 23.1 Å². The molecule has 7 heteroatoms. The van der Waals surface area contributed by atoms with Crippen molar-refractivity contribution in [3.05, 3.63) is 62.5 Å². The molecule has 0 radical (unpaired) electrons. The third kappa shape index (κ3) is 4.64. The Labute approximate surface area is 192 Å². The Bertz CT molecular complexity index is 1150. The highest BCUT2D eigenvalue weighted by atomic mass is 32.1. The van der Waals surface area contributed by atoms with Gasteiger partial charge in [0.05, 0.1) is 11.9 Å². The molecule has 32 heavy (non-hydrogen) atoms. The summed E-state index contributed by atoms with van der Waals surface area (Å²) in [7, 11) is 0. The van der Waals surface area contributed by atoms with Gasteiger partial charge in [0, 0.05) is 37.5 Å². The first-order valence-electron chi connectivity index (χ1n) is 11.7. The van der Waals surface area contributed by atoms with Crippen LogP contribution in [0.4, 0.5) is 0 Å². The lowest BCUT2D eigenvalue weighted by atomic mass is 9.97. The van der Waals surface area contributed by atoms with Crippen LogP contribution in [-0.2, 0) is 30.6 Å². The summed E-state index contributed by atoms with van der Waals surface area (Å²) < 4.78 is 0. The highest BCUT2D eigenvalue weighted by Crippen LogP contribution is 2.33. The number of nitrogens with zero attached hydrogens (tertiary/aromatic N) is 3. The van der Waals surface area contributed by atoms with E-state index in [0.29, 0.717) is 13.0 Å². The molecule has 5 rings (SSSR count). The van der Waals surface area contributed by atoms with Gasteiger partial charge in [0.15, 0.2) is 0 Å². The molecule has 1 fully saturated rings. The molecule has 0 unspecified atom stereocenters. The first-order valence-corrected chi connectivity index (χ1v) is 12.6. The van der Waals surface area contributed by atoms with Crippen molar-refractivity contribution in [3.8, 4) is 0 Å². The van der Waals surface area contributed by atoms with Crippen LogP contribution in [0.5, 0.6) is 0 Å². The van der Waals surface area contributed by atoms with Crippen LogP contribution in [-0.4, -0.2) is 51.9 Å². The molecule has 0 bridgehead atoms. The lowest BCUT2D eigenvalue weighted by Gasteiger charge is -2.34. The van der Waals surface area contributed by atoms with E-state index in [1.165, 1.54) is 22.4 Å². The number of fused-ring (bicyclic) bond motifs is 3. The number of thiophene rings is 1. The second-order valence-electron chi connectivity index (χ2n) is 8.90. The number of hydrogen-bond acceptors (Lipinski definition) is 5. The maximum Gasteiger partial charge on any atom is 0.259 e. The summed E-state index contributed by atoms with van der Waals surface area (Å²) in [6, 6.07) is 10.3. The van der Waals surface area contributed by atoms with Crippen LogP contribution in [0.1, 0.15) is 47.5 Å². The SMILES string of the molecule is O=C(CCCc1ccccc1)N1CCN(Cc2nc3sc4c(c3c(=O)[nH]2)CCCC4)CC1. The molecular formula is C25H30N4O2S. The zero-order valence-corrected chi connectivity index (χ0v) is 19.3. The highest BCUT2D eigenvalue weighted by Gasteiger charge is 2.23. The molecule has 168 valence electrons.